The van der Waals surface area contributed by atoms with E-state index in [1.165, 1.54) is 0 Å². The molecule has 2 rings (SSSR count). The lowest BCUT2D eigenvalue weighted by atomic mass is 10.1. The molecule has 4 nitrogen and oxygen atoms in total. The molecule has 0 aliphatic heterocycles. The number of rotatable bonds is 6. The largest absolute Gasteiger partial charge is 0.474 e. The van der Waals surface area contributed by atoms with Gasteiger partial charge in [0.25, 0.3) is 0 Å². The van der Waals surface area contributed by atoms with Gasteiger partial charge in [-0.1, -0.05) is 30.3 Å². The van der Waals surface area contributed by atoms with Crippen LogP contribution in [0.5, 0.6) is 5.88 Å². The summed E-state index contributed by atoms with van der Waals surface area (Å²) in [7, 11) is 0. The minimum atomic E-state index is -0.0125. The molecule has 0 bridgehead atoms. The van der Waals surface area contributed by atoms with Crippen molar-refractivity contribution in [2.24, 2.45) is 0 Å². The number of nitrogens with zero attached hydrogens (tertiary/aromatic N) is 2. The highest BCUT2D eigenvalue weighted by atomic mass is 35.5. The summed E-state index contributed by atoms with van der Waals surface area (Å²) in [6, 6.07) is 10.00. The fourth-order valence-corrected chi connectivity index (χ4v) is 2.05. The van der Waals surface area contributed by atoms with E-state index < -0.39 is 0 Å². The van der Waals surface area contributed by atoms with Gasteiger partial charge in [0, 0.05) is 5.88 Å². The van der Waals surface area contributed by atoms with Gasteiger partial charge in [-0.3, -0.25) is 4.98 Å². The van der Waals surface area contributed by atoms with Crippen LogP contribution in [0.3, 0.4) is 0 Å². The Bertz CT molecular complexity index is 534. The summed E-state index contributed by atoms with van der Waals surface area (Å²) < 4.78 is 5.53. The summed E-state index contributed by atoms with van der Waals surface area (Å²) in [6.45, 7) is 3.90. The number of nitrogens with one attached hydrogen (secondary N) is 1. The Morgan fingerprint density at radius 3 is 2.60 bits per heavy atom. The molecule has 0 amide bonds. The van der Waals surface area contributed by atoms with Crippen LogP contribution in [0.1, 0.15) is 25.5 Å². The number of hydrogen-bond acceptors (Lipinski definition) is 4. The summed E-state index contributed by atoms with van der Waals surface area (Å²) >= 11 is 6.03. The van der Waals surface area contributed by atoms with Crippen LogP contribution in [0.15, 0.2) is 42.7 Å². The van der Waals surface area contributed by atoms with Crippen molar-refractivity contribution in [3.63, 3.8) is 0 Å². The zero-order chi connectivity index (χ0) is 14.4. The Morgan fingerprint density at radius 2 is 1.95 bits per heavy atom. The zero-order valence-corrected chi connectivity index (χ0v) is 12.3. The van der Waals surface area contributed by atoms with E-state index in [2.05, 4.69) is 15.3 Å². The fraction of sp³-hybridized carbons (Fsp3) is 0.333. The molecular weight excluding hydrogens is 274 g/mol. The number of halogens is 1. The minimum absolute atomic E-state index is 0.0125. The van der Waals surface area contributed by atoms with E-state index in [9.17, 15) is 0 Å². The number of ether oxygens (including phenoxy) is 1. The van der Waals surface area contributed by atoms with Crippen LogP contribution >= 0.6 is 11.6 Å². The number of benzene rings is 1. The lowest BCUT2D eigenvalue weighted by Crippen LogP contribution is -2.14. The molecule has 0 spiro atoms. The zero-order valence-electron chi connectivity index (χ0n) is 11.6. The van der Waals surface area contributed by atoms with Gasteiger partial charge in [0.2, 0.25) is 5.88 Å². The van der Waals surface area contributed by atoms with Crippen LogP contribution in [-0.4, -0.2) is 22.0 Å². The van der Waals surface area contributed by atoms with Crippen molar-refractivity contribution in [3.8, 4) is 5.88 Å². The van der Waals surface area contributed by atoms with Crippen molar-refractivity contribution in [1.82, 2.24) is 9.97 Å². The third kappa shape index (κ3) is 4.10. The standard InChI is InChI=1S/C15H18ClN3O/c1-11(2)20-15-10-17-9-14(19-15)18-13(8-16)12-6-4-3-5-7-12/h3-7,9-11,13H,8H2,1-2H3,(H,18,19). The van der Waals surface area contributed by atoms with Crippen LogP contribution in [0.4, 0.5) is 5.82 Å². The van der Waals surface area contributed by atoms with Gasteiger partial charge in [-0.15, -0.1) is 11.6 Å². The average molecular weight is 292 g/mol. The lowest BCUT2D eigenvalue weighted by Gasteiger charge is -2.17. The van der Waals surface area contributed by atoms with E-state index in [1.807, 2.05) is 44.2 Å². The van der Waals surface area contributed by atoms with Crippen LogP contribution in [-0.2, 0) is 0 Å². The molecule has 1 unspecified atom stereocenters. The first-order valence-electron chi connectivity index (χ1n) is 6.55. The normalized spacial score (nSPS) is 12.2. The number of anilines is 1. The van der Waals surface area contributed by atoms with Crippen molar-refractivity contribution in [1.29, 1.82) is 0 Å². The van der Waals surface area contributed by atoms with Gasteiger partial charge in [0.1, 0.15) is 5.82 Å². The van der Waals surface area contributed by atoms with E-state index >= 15 is 0 Å². The molecule has 0 aliphatic carbocycles. The maximum absolute atomic E-state index is 6.03. The van der Waals surface area contributed by atoms with Crippen molar-refractivity contribution in [3.05, 3.63) is 48.3 Å². The van der Waals surface area contributed by atoms with Gasteiger partial charge < -0.3 is 10.1 Å². The highest BCUT2D eigenvalue weighted by molar-refractivity contribution is 6.18. The monoisotopic (exact) mass is 291 g/mol. The predicted octanol–water partition coefficient (Wildman–Crippen LogP) is 3.66. The molecule has 1 heterocycles. The second-order valence-electron chi connectivity index (χ2n) is 4.67. The highest BCUT2D eigenvalue weighted by Crippen LogP contribution is 2.20. The van der Waals surface area contributed by atoms with Gasteiger partial charge in [0.05, 0.1) is 24.5 Å². The van der Waals surface area contributed by atoms with Gasteiger partial charge in [-0.05, 0) is 19.4 Å². The molecule has 1 atom stereocenters. The molecule has 5 heteroatoms. The SMILES string of the molecule is CC(C)Oc1cncc(NC(CCl)c2ccccc2)n1. The maximum atomic E-state index is 6.03. The third-order valence-electron chi connectivity index (χ3n) is 2.65. The van der Waals surface area contributed by atoms with Gasteiger partial charge in [-0.25, -0.2) is 0 Å². The molecule has 1 aromatic carbocycles. The first-order valence-corrected chi connectivity index (χ1v) is 7.08. The molecule has 0 aliphatic rings. The smallest absolute Gasteiger partial charge is 0.234 e. The molecule has 0 saturated heterocycles. The predicted molar refractivity (Wildman–Crippen MR) is 81.3 cm³/mol. The summed E-state index contributed by atoms with van der Waals surface area (Å²) in [5.74, 6) is 1.60. The molecule has 1 N–H and O–H groups in total. The quantitative estimate of drug-likeness (QED) is 0.825. The second kappa shape index (κ2) is 7.10. The Labute approximate surface area is 124 Å². The first kappa shape index (κ1) is 14.6. The Morgan fingerprint density at radius 1 is 1.20 bits per heavy atom. The second-order valence-corrected chi connectivity index (χ2v) is 4.98. The summed E-state index contributed by atoms with van der Waals surface area (Å²) in [5, 5.41) is 3.27. The molecule has 0 fully saturated rings. The number of hydrogen-bond donors (Lipinski definition) is 1. The molecule has 0 saturated carbocycles. The average Bonchev–Trinajstić information content (AvgIpc) is 2.45. The summed E-state index contributed by atoms with van der Waals surface area (Å²) in [4.78, 5) is 8.50. The van der Waals surface area contributed by atoms with Gasteiger partial charge in [0.15, 0.2) is 0 Å². The van der Waals surface area contributed by atoms with Crippen molar-refractivity contribution in [2.45, 2.75) is 26.0 Å². The van der Waals surface area contributed by atoms with Crippen molar-refractivity contribution < 1.29 is 4.74 Å². The molecule has 20 heavy (non-hydrogen) atoms. The number of aromatic nitrogens is 2. The Kier molecular flexibility index (Phi) is 5.18. The Hall–Kier alpha value is -1.81. The van der Waals surface area contributed by atoms with Gasteiger partial charge in [-0.2, -0.15) is 4.98 Å². The molecular formula is C15H18ClN3O. The summed E-state index contributed by atoms with van der Waals surface area (Å²) in [6.07, 6.45) is 3.33. The van der Waals surface area contributed by atoms with Crippen LogP contribution in [0.2, 0.25) is 0 Å². The minimum Gasteiger partial charge on any atom is -0.474 e. The maximum Gasteiger partial charge on any atom is 0.234 e. The van der Waals surface area contributed by atoms with Gasteiger partial charge >= 0.3 is 0 Å². The number of alkyl halides is 1. The molecule has 2 aromatic rings. The Balaban J connectivity index is 2.12. The van der Waals surface area contributed by atoms with E-state index in [0.717, 1.165) is 5.56 Å². The first-order chi connectivity index (χ1) is 9.69. The molecule has 0 radical (unpaired) electrons. The molecule has 106 valence electrons. The van der Waals surface area contributed by atoms with Crippen molar-refractivity contribution >= 4 is 17.4 Å². The van der Waals surface area contributed by atoms with Crippen LogP contribution < -0.4 is 10.1 Å². The lowest BCUT2D eigenvalue weighted by molar-refractivity contribution is 0.232. The topological polar surface area (TPSA) is 47.0 Å². The fourth-order valence-electron chi connectivity index (χ4n) is 1.79. The third-order valence-corrected chi connectivity index (χ3v) is 2.96. The molecule has 1 aromatic heterocycles. The van der Waals surface area contributed by atoms with Crippen LogP contribution in [0.25, 0.3) is 0 Å². The van der Waals surface area contributed by atoms with E-state index in [-0.39, 0.29) is 12.1 Å². The van der Waals surface area contributed by atoms with E-state index in [1.54, 1.807) is 12.4 Å². The van der Waals surface area contributed by atoms with E-state index in [0.29, 0.717) is 17.6 Å². The van der Waals surface area contributed by atoms with Crippen LogP contribution in [0, 0.1) is 0 Å². The summed E-state index contributed by atoms with van der Waals surface area (Å²) in [5.41, 5.74) is 1.11. The van der Waals surface area contributed by atoms with Crippen molar-refractivity contribution in [2.75, 3.05) is 11.2 Å². The highest BCUT2D eigenvalue weighted by Gasteiger charge is 2.11. The van der Waals surface area contributed by atoms with E-state index in [4.69, 9.17) is 16.3 Å².